The normalized spacial score (nSPS) is 11.2. The number of hydrogen-bond acceptors (Lipinski definition) is 4. The van der Waals surface area contributed by atoms with Crippen LogP contribution in [0.25, 0.3) is 22.3 Å². The predicted molar refractivity (Wildman–Crippen MR) is 113 cm³/mol. The average molecular weight is 409 g/mol. The lowest BCUT2D eigenvalue weighted by Crippen LogP contribution is -2.23. The van der Waals surface area contributed by atoms with E-state index in [1.54, 1.807) is 10.9 Å². The van der Waals surface area contributed by atoms with Crippen molar-refractivity contribution in [3.63, 3.8) is 0 Å². The largest absolute Gasteiger partial charge is 0.352 e. The van der Waals surface area contributed by atoms with Crippen molar-refractivity contribution >= 4 is 28.4 Å². The van der Waals surface area contributed by atoms with Gasteiger partial charge >= 0.3 is 0 Å². The maximum atomic E-state index is 12.1. The molecule has 0 saturated heterocycles. The van der Waals surface area contributed by atoms with Crippen LogP contribution in [0, 0.1) is 6.92 Å². The minimum absolute atomic E-state index is 0.0736. The molecule has 0 spiro atoms. The topological polar surface area (TPSA) is 88.5 Å². The Kier molecular flexibility index (Phi) is 5.07. The van der Waals surface area contributed by atoms with E-state index in [4.69, 9.17) is 16.6 Å². The molecule has 4 rings (SSSR count). The van der Waals surface area contributed by atoms with Gasteiger partial charge in [0.2, 0.25) is 0 Å². The van der Waals surface area contributed by atoms with E-state index in [1.165, 1.54) is 0 Å². The van der Waals surface area contributed by atoms with Crippen LogP contribution >= 0.6 is 11.6 Å². The van der Waals surface area contributed by atoms with Crippen LogP contribution in [0.1, 0.15) is 34.2 Å². The van der Waals surface area contributed by atoms with Gasteiger partial charge in [-0.05, 0) is 43.2 Å². The molecule has 2 heterocycles. The van der Waals surface area contributed by atoms with Gasteiger partial charge in [-0.1, -0.05) is 23.7 Å². The maximum absolute atomic E-state index is 12.1. The van der Waals surface area contributed by atoms with E-state index in [9.17, 15) is 4.79 Å². The Morgan fingerprint density at radius 3 is 2.86 bits per heavy atom. The molecule has 2 aromatic heterocycles. The van der Waals surface area contributed by atoms with Crippen molar-refractivity contribution in [1.29, 1.82) is 0 Å². The average Bonchev–Trinajstić information content (AvgIpc) is 3.31. The Morgan fingerprint density at radius 1 is 1.28 bits per heavy atom. The summed E-state index contributed by atoms with van der Waals surface area (Å²) in [6.07, 6.45) is 2.28. The Bertz CT molecular complexity index is 1210. The molecule has 1 amide bonds. The standard InChI is InChI=1S/C21H21ClN6O/c1-4-23-21(29)15-7-5-14(9-12(15)2)20-25-18(28(3)27-20)10-13-6-8-17-16(19(13)22)11-24-26-17/h5-9,11H,4,10H2,1-3H3,(H,23,29)(H,24,26). The number of amides is 1. The highest BCUT2D eigenvalue weighted by molar-refractivity contribution is 6.36. The number of hydrogen-bond donors (Lipinski definition) is 2. The highest BCUT2D eigenvalue weighted by Gasteiger charge is 2.15. The third kappa shape index (κ3) is 3.61. The minimum atomic E-state index is -0.0736. The van der Waals surface area contributed by atoms with Gasteiger partial charge in [-0.25, -0.2) is 4.98 Å². The summed E-state index contributed by atoms with van der Waals surface area (Å²) < 4.78 is 1.76. The molecule has 2 aromatic carbocycles. The molecule has 0 fully saturated rings. The summed E-state index contributed by atoms with van der Waals surface area (Å²) in [5.41, 5.74) is 4.28. The number of aromatic nitrogens is 5. The highest BCUT2D eigenvalue weighted by atomic mass is 35.5. The Hall–Kier alpha value is -3.19. The fourth-order valence-electron chi connectivity index (χ4n) is 3.34. The lowest BCUT2D eigenvalue weighted by Gasteiger charge is -2.07. The van der Waals surface area contributed by atoms with Crippen molar-refractivity contribution in [2.75, 3.05) is 6.54 Å². The molecular weight excluding hydrogens is 388 g/mol. The van der Waals surface area contributed by atoms with Crippen molar-refractivity contribution in [2.24, 2.45) is 7.05 Å². The Labute approximate surface area is 173 Å². The first kappa shape index (κ1) is 19.1. The molecule has 0 aliphatic carbocycles. The van der Waals surface area contributed by atoms with E-state index < -0.39 is 0 Å². The first-order chi connectivity index (χ1) is 14.0. The summed E-state index contributed by atoms with van der Waals surface area (Å²) in [5.74, 6) is 1.35. The molecule has 0 aliphatic heterocycles. The summed E-state index contributed by atoms with van der Waals surface area (Å²) in [5, 5.41) is 15.9. The summed E-state index contributed by atoms with van der Waals surface area (Å²) in [7, 11) is 1.87. The molecule has 0 atom stereocenters. The van der Waals surface area contributed by atoms with Crippen LogP contribution in [-0.2, 0) is 13.5 Å². The van der Waals surface area contributed by atoms with Gasteiger partial charge in [0, 0.05) is 36.5 Å². The summed E-state index contributed by atoms with van der Waals surface area (Å²) in [6.45, 7) is 4.41. The van der Waals surface area contributed by atoms with Gasteiger partial charge in [-0.3, -0.25) is 14.6 Å². The molecule has 0 radical (unpaired) electrons. The van der Waals surface area contributed by atoms with Crippen LogP contribution < -0.4 is 5.32 Å². The van der Waals surface area contributed by atoms with E-state index in [0.717, 1.165) is 33.4 Å². The van der Waals surface area contributed by atoms with Crippen LogP contribution in [0.3, 0.4) is 0 Å². The summed E-state index contributed by atoms with van der Waals surface area (Å²) in [6, 6.07) is 9.57. The van der Waals surface area contributed by atoms with Crippen LogP contribution in [0.5, 0.6) is 0 Å². The smallest absolute Gasteiger partial charge is 0.251 e. The highest BCUT2D eigenvalue weighted by Crippen LogP contribution is 2.28. The number of fused-ring (bicyclic) bond motifs is 1. The maximum Gasteiger partial charge on any atom is 0.251 e. The lowest BCUT2D eigenvalue weighted by molar-refractivity contribution is 0.0955. The third-order valence-corrected chi connectivity index (χ3v) is 5.35. The van der Waals surface area contributed by atoms with E-state index in [0.29, 0.717) is 29.4 Å². The zero-order valence-electron chi connectivity index (χ0n) is 16.5. The molecule has 2 N–H and O–H groups in total. The van der Waals surface area contributed by atoms with Gasteiger partial charge in [-0.15, -0.1) is 0 Å². The minimum Gasteiger partial charge on any atom is -0.352 e. The number of halogens is 1. The van der Waals surface area contributed by atoms with E-state index in [2.05, 4.69) is 20.6 Å². The second kappa shape index (κ2) is 7.67. The number of H-pyrrole nitrogens is 1. The van der Waals surface area contributed by atoms with Crippen molar-refractivity contribution in [2.45, 2.75) is 20.3 Å². The quantitative estimate of drug-likeness (QED) is 0.527. The number of nitrogens with one attached hydrogen (secondary N) is 2. The molecule has 0 aliphatic rings. The second-order valence-corrected chi connectivity index (χ2v) is 7.29. The molecule has 29 heavy (non-hydrogen) atoms. The molecule has 8 heteroatoms. The molecule has 0 bridgehead atoms. The third-order valence-electron chi connectivity index (χ3n) is 4.91. The van der Waals surface area contributed by atoms with Crippen LogP contribution in [-0.4, -0.2) is 37.4 Å². The first-order valence-electron chi connectivity index (χ1n) is 9.37. The molecule has 148 valence electrons. The van der Waals surface area contributed by atoms with Crippen molar-refractivity contribution < 1.29 is 4.79 Å². The zero-order valence-corrected chi connectivity index (χ0v) is 17.2. The Balaban J connectivity index is 1.63. The number of aryl methyl sites for hydroxylation is 2. The molecule has 0 unspecified atom stereocenters. The first-order valence-corrected chi connectivity index (χ1v) is 9.75. The number of aromatic amines is 1. The predicted octanol–water partition coefficient (Wildman–Crippen LogP) is 3.66. The summed E-state index contributed by atoms with van der Waals surface area (Å²) in [4.78, 5) is 16.8. The number of benzene rings is 2. The summed E-state index contributed by atoms with van der Waals surface area (Å²) >= 11 is 6.55. The van der Waals surface area contributed by atoms with Gasteiger partial charge in [0.1, 0.15) is 5.82 Å². The lowest BCUT2D eigenvalue weighted by atomic mass is 10.0. The van der Waals surface area contributed by atoms with Gasteiger partial charge in [0.05, 0.1) is 16.7 Å². The fourth-order valence-corrected chi connectivity index (χ4v) is 3.62. The van der Waals surface area contributed by atoms with Crippen LogP contribution in [0.4, 0.5) is 0 Å². The van der Waals surface area contributed by atoms with Crippen molar-refractivity contribution in [3.05, 3.63) is 64.1 Å². The molecule has 0 saturated carbocycles. The SMILES string of the molecule is CCNC(=O)c1ccc(-c2nc(Cc3ccc4[nH]ncc4c3Cl)n(C)n2)cc1C. The van der Waals surface area contributed by atoms with Gasteiger partial charge in [0.15, 0.2) is 5.82 Å². The van der Waals surface area contributed by atoms with Gasteiger partial charge < -0.3 is 5.32 Å². The zero-order chi connectivity index (χ0) is 20.5. The molecule has 4 aromatic rings. The number of carbonyl (C=O) groups is 1. The van der Waals surface area contributed by atoms with Gasteiger partial charge in [0.25, 0.3) is 5.91 Å². The van der Waals surface area contributed by atoms with Crippen molar-refractivity contribution in [1.82, 2.24) is 30.3 Å². The number of carbonyl (C=O) groups excluding carboxylic acids is 1. The monoisotopic (exact) mass is 408 g/mol. The van der Waals surface area contributed by atoms with Crippen LogP contribution in [0.2, 0.25) is 5.02 Å². The van der Waals surface area contributed by atoms with Crippen molar-refractivity contribution in [3.8, 4) is 11.4 Å². The van der Waals surface area contributed by atoms with E-state index >= 15 is 0 Å². The Morgan fingerprint density at radius 2 is 2.10 bits per heavy atom. The van der Waals surface area contributed by atoms with Gasteiger partial charge in [-0.2, -0.15) is 10.2 Å². The van der Waals surface area contributed by atoms with Crippen LogP contribution in [0.15, 0.2) is 36.5 Å². The number of rotatable bonds is 5. The second-order valence-electron chi connectivity index (χ2n) is 6.91. The van der Waals surface area contributed by atoms with E-state index in [-0.39, 0.29) is 5.91 Å². The fraction of sp³-hybridized carbons (Fsp3) is 0.238. The molecular formula is C21H21ClN6O. The molecule has 7 nitrogen and oxygen atoms in total. The number of nitrogens with zero attached hydrogens (tertiary/aromatic N) is 4. The van der Waals surface area contributed by atoms with E-state index in [1.807, 2.05) is 51.2 Å².